The van der Waals surface area contributed by atoms with Crippen molar-refractivity contribution < 1.29 is 13.2 Å². The summed E-state index contributed by atoms with van der Waals surface area (Å²) in [6, 6.07) is 15.8. The Morgan fingerprint density at radius 3 is 2.27 bits per heavy atom. The molecule has 0 unspecified atom stereocenters. The van der Waals surface area contributed by atoms with Gasteiger partial charge in [0.15, 0.2) is 9.84 Å². The maximum atomic E-state index is 12.3. The minimum absolute atomic E-state index is 0.113. The van der Waals surface area contributed by atoms with Gasteiger partial charge in [0, 0.05) is 24.7 Å². The molecule has 0 fully saturated rings. The lowest BCUT2D eigenvalue weighted by Gasteiger charge is -2.19. The molecule has 0 aliphatic rings. The van der Waals surface area contributed by atoms with Crippen LogP contribution in [0.15, 0.2) is 54.6 Å². The molecule has 0 aliphatic heterocycles. The molecule has 2 aromatic carbocycles. The zero-order valence-electron chi connectivity index (χ0n) is 12.5. The van der Waals surface area contributed by atoms with Crippen molar-refractivity contribution in [1.29, 1.82) is 0 Å². The van der Waals surface area contributed by atoms with Crippen LogP contribution in [0.5, 0.6) is 0 Å². The Morgan fingerprint density at radius 1 is 1.05 bits per heavy atom. The van der Waals surface area contributed by atoms with E-state index in [0.29, 0.717) is 11.3 Å². The normalized spacial score (nSPS) is 11.0. The van der Waals surface area contributed by atoms with Crippen molar-refractivity contribution in [3.63, 3.8) is 0 Å². The van der Waals surface area contributed by atoms with Crippen molar-refractivity contribution >= 4 is 27.2 Å². The number of hydrogen-bond donors (Lipinski definition) is 1. The number of carbonyl (C=O) groups is 1. The molecule has 0 aliphatic carbocycles. The van der Waals surface area contributed by atoms with E-state index in [4.69, 9.17) is 0 Å². The summed E-state index contributed by atoms with van der Waals surface area (Å²) in [5, 5.41) is 2.75. The average Bonchev–Trinajstić information content (AvgIpc) is 2.48. The molecule has 0 radical (unpaired) electrons. The number of nitrogens with zero attached hydrogens (tertiary/aromatic N) is 1. The zero-order chi connectivity index (χ0) is 16.2. The Morgan fingerprint density at radius 2 is 1.64 bits per heavy atom. The number of anilines is 2. The monoisotopic (exact) mass is 318 g/mol. The second kappa shape index (κ2) is 6.62. The van der Waals surface area contributed by atoms with Gasteiger partial charge in [0.05, 0.1) is 5.75 Å². The largest absolute Gasteiger partial charge is 0.326 e. The lowest BCUT2D eigenvalue weighted by atomic mass is 10.2. The highest BCUT2D eigenvalue weighted by Crippen LogP contribution is 2.19. The minimum atomic E-state index is -3.17. The van der Waals surface area contributed by atoms with E-state index in [-0.39, 0.29) is 11.8 Å². The van der Waals surface area contributed by atoms with Crippen LogP contribution in [0.4, 0.5) is 16.2 Å². The average molecular weight is 318 g/mol. The highest BCUT2D eigenvalue weighted by atomic mass is 32.2. The van der Waals surface area contributed by atoms with Gasteiger partial charge in [0.25, 0.3) is 0 Å². The number of amides is 2. The molecular formula is C16H18N2O3S. The van der Waals surface area contributed by atoms with E-state index in [0.717, 1.165) is 5.69 Å². The van der Waals surface area contributed by atoms with Crippen molar-refractivity contribution in [2.24, 2.45) is 0 Å². The molecule has 0 atom stereocenters. The van der Waals surface area contributed by atoms with Crippen LogP contribution >= 0.6 is 0 Å². The lowest BCUT2D eigenvalue weighted by molar-refractivity contribution is 0.258. The highest BCUT2D eigenvalue weighted by Gasteiger charge is 2.14. The third-order valence-corrected chi connectivity index (χ3v) is 3.96. The van der Waals surface area contributed by atoms with Gasteiger partial charge in [-0.2, -0.15) is 0 Å². The van der Waals surface area contributed by atoms with Crippen LogP contribution in [0.3, 0.4) is 0 Å². The maximum absolute atomic E-state index is 12.3. The van der Waals surface area contributed by atoms with Gasteiger partial charge < -0.3 is 5.32 Å². The van der Waals surface area contributed by atoms with Gasteiger partial charge >= 0.3 is 6.03 Å². The van der Waals surface area contributed by atoms with Crippen LogP contribution in [0, 0.1) is 0 Å². The summed E-state index contributed by atoms with van der Waals surface area (Å²) in [5.74, 6) is -0.113. The predicted octanol–water partition coefficient (Wildman–Crippen LogP) is 2.90. The molecule has 116 valence electrons. The smallest absolute Gasteiger partial charge is 0.307 e. The van der Waals surface area contributed by atoms with Gasteiger partial charge in [-0.1, -0.05) is 36.4 Å². The van der Waals surface area contributed by atoms with Crippen LogP contribution in [0.2, 0.25) is 0 Å². The Labute approximate surface area is 130 Å². The lowest BCUT2D eigenvalue weighted by Crippen LogP contribution is -2.31. The first-order chi connectivity index (χ1) is 10.4. The summed E-state index contributed by atoms with van der Waals surface area (Å²) in [6.07, 6.45) is 1.17. The molecule has 0 spiro atoms. The topological polar surface area (TPSA) is 66.5 Å². The third-order valence-electron chi connectivity index (χ3n) is 3.12. The van der Waals surface area contributed by atoms with Gasteiger partial charge in [0.1, 0.15) is 0 Å². The van der Waals surface area contributed by atoms with Crippen LogP contribution in [0.25, 0.3) is 0 Å². The molecular weight excluding hydrogens is 300 g/mol. The molecule has 0 heterocycles. The summed E-state index contributed by atoms with van der Waals surface area (Å²) in [4.78, 5) is 13.8. The fourth-order valence-corrected chi connectivity index (χ4v) is 2.84. The summed E-state index contributed by atoms with van der Waals surface area (Å²) in [6.45, 7) is 0. The molecule has 0 aromatic heterocycles. The number of nitrogens with one attached hydrogen (secondary N) is 1. The Hall–Kier alpha value is -2.34. The van der Waals surface area contributed by atoms with Crippen LogP contribution in [0.1, 0.15) is 5.56 Å². The minimum Gasteiger partial charge on any atom is -0.307 e. The number of carbonyl (C=O) groups excluding carboxylic acids is 1. The fourth-order valence-electron chi connectivity index (χ4n) is 2.02. The third kappa shape index (κ3) is 4.33. The maximum Gasteiger partial charge on any atom is 0.326 e. The van der Waals surface area contributed by atoms with Crippen molar-refractivity contribution in [1.82, 2.24) is 0 Å². The second-order valence-electron chi connectivity index (χ2n) is 5.05. The molecule has 0 saturated carbocycles. The van der Waals surface area contributed by atoms with Crippen molar-refractivity contribution in [3.8, 4) is 0 Å². The SMILES string of the molecule is CN(C(=O)Nc1ccccc1CS(C)(=O)=O)c1ccccc1. The number of benzene rings is 2. The molecule has 22 heavy (non-hydrogen) atoms. The molecule has 2 aromatic rings. The second-order valence-corrected chi connectivity index (χ2v) is 7.19. The first-order valence-electron chi connectivity index (χ1n) is 6.72. The van der Waals surface area contributed by atoms with Crippen molar-refractivity contribution in [3.05, 3.63) is 60.2 Å². The fraction of sp³-hybridized carbons (Fsp3) is 0.188. The molecule has 0 saturated heterocycles. The van der Waals surface area contributed by atoms with Gasteiger partial charge in [-0.15, -0.1) is 0 Å². The Kier molecular flexibility index (Phi) is 4.82. The number of hydrogen-bond acceptors (Lipinski definition) is 3. The van der Waals surface area contributed by atoms with Crippen molar-refractivity contribution in [2.45, 2.75) is 5.75 Å². The molecule has 1 N–H and O–H groups in total. The molecule has 6 heteroatoms. The first-order valence-corrected chi connectivity index (χ1v) is 8.78. The van der Waals surface area contributed by atoms with E-state index in [1.54, 1.807) is 31.3 Å². The number of sulfone groups is 1. The standard InChI is InChI=1S/C16H18N2O3S/c1-18(14-9-4-3-5-10-14)16(19)17-15-11-7-6-8-13(15)12-22(2,20)21/h3-11H,12H2,1-2H3,(H,17,19). The number of urea groups is 1. The highest BCUT2D eigenvalue weighted by molar-refractivity contribution is 7.89. The quantitative estimate of drug-likeness (QED) is 0.942. The molecule has 2 amide bonds. The molecule has 0 bridgehead atoms. The summed E-state index contributed by atoms with van der Waals surface area (Å²) in [5.41, 5.74) is 1.82. The van der Waals surface area contributed by atoms with Gasteiger partial charge in [-0.25, -0.2) is 13.2 Å². The summed E-state index contributed by atoms with van der Waals surface area (Å²) >= 11 is 0. The number of para-hydroxylation sites is 2. The van der Waals surface area contributed by atoms with E-state index in [1.165, 1.54) is 11.2 Å². The van der Waals surface area contributed by atoms with Crippen molar-refractivity contribution in [2.75, 3.05) is 23.5 Å². The summed E-state index contributed by atoms with van der Waals surface area (Å²) in [7, 11) is -1.52. The predicted molar refractivity (Wildman–Crippen MR) is 88.9 cm³/mol. The van der Waals surface area contributed by atoms with E-state index in [9.17, 15) is 13.2 Å². The van der Waals surface area contributed by atoms with Gasteiger partial charge in [-0.3, -0.25) is 4.90 Å². The van der Waals surface area contributed by atoms with Gasteiger partial charge in [-0.05, 0) is 23.8 Å². The van der Waals surface area contributed by atoms with Crippen LogP contribution < -0.4 is 10.2 Å². The first kappa shape index (κ1) is 16.0. The Bertz CT molecular complexity index is 758. The van der Waals surface area contributed by atoms with E-state index in [1.807, 2.05) is 30.3 Å². The Balaban J connectivity index is 2.19. The van der Waals surface area contributed by atoms with E-state index in [2.05, 4.69) is 5.32 Å². The van der Waals surface area contributed by atoms with E-state index >= 15 is 0 Å². The molecule has 5 nitrogen and oxygen atoms in total. The van der Waals surface area contributed by atoms with Gasteiger partial charge in [0.2, 0.25) is 0 Å². The summed E-state index contributed by atoms with van der Waals surface area (Å²) < 4.78 is 22.9. The molecule has 2 rings (SSSR count). The van der Waals surface area contributed by atoms with E-state index < -0.39 is 9.84 Å². The van der Waals surface area contributed by atoms with Crippen LogP contribution in [-0.2, 0) is 15.6 Å². The number of rotatable bonds is 4. The zero-order valence-corrected chi connectivity index (χ0v) is 13.3. The van der Waals surface area contributed by atoms with Crippen LogP contribution in [-0.4, -0.2) is 27.8 Å².